The number of halogens is 3. The third kappa shape index (κ3) is 4.22. The van der Waals surface area contributed by atoms with Gasteiger partial charge in [0.25, 0.3) is 11.8 Å². The normalized spacial score (nSPS) is 11.7. The maximum absolute atomic E-state index is 13.7. The van der Waals surface area contributed by atoms with E-state index in [-0.39, 0.29) is 32.0 Å². The molecule has 0 aliphatic carbocycles. The van der Waals surface area contributed by atoms with Crippen LogP contribution in [0.2, 0.25) is 0 Å². The van der Waals surface area contributed by atoms with Crippen molar-refractivity contribution in [3.8, 4) is 22.6 Å². The molecule has 4 N–H and O–H groups in total. The second kappa shape index (κ2) is 8.64. The van der Waals surface area contributed by atoms with Gasteiger partial charge in [-0.2, -0.15) is 18.3 Å². The van der Waals surface area contributed by atoms with Gasteiger partial charge in [0.2, 0.25) is 0 Å². The molecule has 36 heavy (non-hydrogen) atoms. The molecule has 0 bridgehead atoms. The molecule has 0 fully saturated rings. The Kier molecular flexibility index (Phi) is 5.59. The molecule has 0 atom stereocenters. The second-order valence-electron chi connectivity index (χ2n) is 7.87. The van der Waals surface area contributed by atoms with E-state index in [1.165, 1.54) is 12.3 Å². The van der Waals surface area contributed by atoms with Crippen LogP contribution in [-0.4, -0.2) is 27.0 Å². The van der Waals surface area contributed by atoms with Gasteiger partial charge in [-0.1, -0.05) is 29.8 Å². The number of carbonyl (C=O) groups excluding carboxylic acids is 2. The summed E-state index contributed by atoms with van der Waals surface area (Å²) in [5.41, 5.74) is 6.26. The Morgan fingerprint density at radius 1 is 1.14 bits per heavy atom. The van der Waals surface area contributed by atoms with Gasteiger partial charge in [0.05, 0.1) is 12.0 Å². The second-order valence-corrected chi connectivity index (χ2v) is 8.87. The molecule has 2 amide bonds. The Balaban J connectivity index is 1.67. The van der Waals surface area contributed by atoms with Gasteiger partial charge in [-0.25, -0.2) is 4.98 Å². The third-order valence-corrected chi connectivity index (χ3v) is 6.47. The molecule has 5 rings (SSSR count). The molecule has 1 aromatic carbocycles. The number of H-pyrrole nitrogens is 1. The van der Waals surface area contributed by atoms with Crippen molar-refractivity contribution in [1.82, 2.24) is 15.2 Å². The number of thiophene rings is 1. The van der Waals surface area contributed by atoms with Crippen molar-refractivity contribution >= 4 is 39.1 Å². The number of anilines is 1. The summed E-state index contributed by atoms with van der Waals surface area (Å²) in [7, 11) is 0. The summed E-state index contributed by atoms with van der Waals surface area (Å²) in [4.78, 5) is 28.8. The minimum absolute atomic E-state index is 0.0343. The van der Waals surface area contributed by atoms with Crippen molar-refractivity contribution in [1.29, 1.82) is 0 Å². The van der Waals surface area contributed by atoms with E-state index in [1.54, 1.807) is 36.4 Å². The first kappa shape index (κ1) is 23.3. The van der Waals surface area contributed by atoms with Crippen LogP contribution in [0.25, 0.3) is 32.8 Å². The van der Waals surface area contributed by atoms with Gasteiger partial charge in [0.15, 0.2) is 11.5 Å². The number of carbonyl (C=O) groups is 2. The lowest BCUT2D eigenvalue weighted by Gasteiger charge is -2.12. The molecule has 0 saturated carbocycles. The summed E-state index contributed by atoms with van der Waals surface area (Å²) in [5.74, 6) is -1.18. The van der Waals surface area contributed by atoms with Crippen molar-refractivity contribution < 1.29 is 27.2 Å². The summed E-state index contributed by atoms with van der Waals surface area (Å²) in [6.07, 6.45) is -3.27. The lowest BCUT2D eigenvalue weighted by Crippen LogP contribution is -2.17. The molecule has 12 heteroatoms. The van der Waals surface area contributed by atoms with Crippen LogP contribution in [0.4, 0.5) is 18.9 Å². The van der Waals surface area contributed by atoms with E-state index in [4.69, 9.17) is 10.2 Å². The number of aromatic nitrogens is 3. The summed E-state index contributed by atoms with van der Waals surface area (Å²) in [5, 5.41) is 9.42. The zero-order valence-electron chi connectivity index (χ0n) is 18.4. The van der Waals surface area contributed by atoms with Gasteiger partial charge >= 0.3 is 6.18 Å². The van der Waals surface area contributed by atoms with E-state index < -0.39 is 23.7 Å². The molecular weight excluding hydrogens is 495 g/mol. The zero-order valence-corrected chi connectivity index (χ0v) is 19.3. The molecule has 4 heterocycles. The average molecular weight is 511 g/mol. The van der Waals surface area contributed by atoms with Gasteiger partial charge in [0, 0.05) is 11.5 Å². The van der Waals surface area contributed by atoms with Crippen LogP contribution >= 0.6 is 11.3 Å². The number of furan rings is 1. The number of nitrogens with zero attached hydrogens (tertiary/aromatic N) is 2. The number of rotatable bonds is 5. The summed E-state index contributed by atoms with van der Waals surface area (Å²) in [6.45, 7) is 1.84. The molecule has 8 nitrogen and oxygen atoms in total. The van der Waals surface area contributed by atoms with Gasteiger partial charge < -0.3 is 15.5 Å². The number of hydrogen-bond acceptors (Lipinski definition) is 6. The van der Waals surface area contributed by atoms with Crippen molar-refractivity contribution in [3.05, 3.63) is 76.6 Å². The van der Waals surface area contributed by atoms with Gasteiger partial charge in [-0.05, 0) is 36.2 Å². The molecule has 0 radical (unpaired) electrons. The third-order valence-electron chi connectivity index (χ3n) is 5.37. The monoisotopic (exact) mass is 511 g/mol. The molecule has 0 saturated heterocycles. The first-order valence-corrected chi connectivity index (χ1v) is 11.3. The number of aryl methyl sites for hydroxylation is 1. The standard InChI is InChI=1S/C24H16F3N5O3S/c1-11-4-6-12(7-5-11)13-9-17(24(25,26)27)29-23-18(13)19(20(36-23)21(28)33)30-22(34)15-10-14(31-32-15)16-3-2-8-35-16/h2-10H,1H3,(H2,28,33)(H,30,34)(H,31,32). The predicted octanol–water partition coefficient (Wildman–Crippen LogP) is 5.62. The molecule has 5 aromatic rings. The Hall–Kier alpha value is -4.45. The number of nitrogens with one attached hydrogen (secondary N) is 2. The summed E-state index contributed by atoms with van der Waals surface area (Å²) in [6, 6.07) is 12.5. The number of aromatic amines is 1. The Morgan fingerprint density at radius 3 is 2.53 bits per heavy atom. The Labute approximate surface area is 205 Å². The van der Waals surface area contributed by atoms with Crippen LogP contribution < -0.4 is 11.1 Å². The maximum atomic E-state index is 13.7. The molecule has 0 aliphatic rings. The quantitative estimate of drug-likeness (QED) is 0.282. The highest BCUT2D eigenvalue weighted by Gasteiger charge is 2.35. The molecule has 0 aliphatic heterocycles. The molecule has 182 valence electrons. The highest BCUT2D eigenvalue weighted by Crippen LogP contribution is 2.43. The number of nitrogens with two attached hydrogens (primary N) is 1. The molecule has 0 spiro atoms. The fraction of sp³-hybridized carbons (Fsp3) is 0.0833. The zero-order chi connectivity index (χ0) is 25.6. The maximum Gasteiger partial charge on any atom is 0.433 e. The van der Waals surface area contributed by atoms with Gasteiger partial charge in [-0.3, -0.25) is 14.7 Å². The largest absolute Gasteiger partial charge is 0.463 e. The first-order valence-electron chi connectivity index (χ1n) is 10.4. The first-order chi connectivity index (χ1) is 17.1. The van der Waals surface area contributed by atoms with Crippen LogP contribution in [0, 0.1) is 6.92 Å². The Morgan fingerprint density at radius 2 is 1.89 bits per heavy atom. The number of amides is 2. The van der Waals surface area contributed by atoms with Crippen LogP contribution in [0.1, 0.15) is 31.4 Å². The van der Waals surface area contributed by atoms with E-state index >= 15 is 0 Å². The van der Waals surface area contributed by atoms with Crippen LogP contribution in [-0.2, 0) is 6.18 Å². The van der Waals surface area contributed by atoms with E-state index in [0.29, 0.717) is 28.4 Å². The number of pyridine rings is 1. The summed E-state index contributed by atoms with van der Waals surface area (Å²) >= 11 is 0.671. The highest BCUT2D eigenvalue weighted by atomic mass is 32.1. The minimum atomic E-state index is -4.73. The lowest BCUT2D eigenvalue weighted by molar-refractivity contribution is -0.140. The van der Waals surface area contributed by atoms with E-state index in [1.807, 2.05) is 6.92 Å². The van der Waals surface area contributed by atoms with Crippen LogP contribution in [0.15, 0.2) is 59.2 Å². The van der Waals surface area contributed by atoms with E-state index in [2.05, 4.69) is 20.5 Å². The summed E-state index contributed by atoms with van der Waals surface area (Å²) < 4.78 is 46.2. The van der Waals surface area contributed by atoms with Crippen molar-refractivity contribution in [2.24, 2.45) is 5.73 Å². The fourth-order valence-electron chi connectivity index (χ4n) is 3.67. The minimum Gasteiger partial charge on any atom is -0.463 e. The predicted molar refractivity (Wildman–Crippen MR) is 128 cm³/mol. The topological polar surface area (TPSA) is 127 Å². The van der Waals surface area contributed by atoms with Gasteiger partial charge in [0.1, 0.15) is 21.1 Å². The SMILES string of the molecule is Cc1ccc(-c2cc(C(F)(F)F)nc3sc(C(N)=O)c(NC(=O)c4cc(-c5ccco5)[nH]n4)c23)cc1. The van der Waals surface area contributed by atoms with Gasteiger partial charge in [-0.15, -0.1) is 11.3 Å². The number of alkyl halides is 3. The molecule has 0 unspecified atom stereocenters. The van der Waals surface area contributed by atoms with Crippen molar-refractivity contribution in [3.63, 3.8) is 0 Å². The lowest BCUT2D eigenvalue weighted by atomic mass is 10.00. The Bertz CT molecular complexity index is 1600. The van der Waals surface area contributed by atoms with Crippen molar-refractivity contribution in [2.75, 3.05) is 5.32 Å². The van der Waals surface area contributed by atoms with E-state index in [0.717, 1.165) is 11.6 Å². The van der Waals surface area contributed by atoms with Crippen LogP contribution in [0.3, 0.4) is 0 Å². The van der Waals surface area contributed by atoms with E-state index in [9.17, 15) is 22.8 Å². The number of primary amides is 1. The number of benzene rings is 1. The number of fused-ring (bicyclic) bond motifs is 1. The molecule has 4 aromatic heterocycles. The van der Waals surface area contributed by atoms with Crippen LogP contribution in [0.5, 0.6) is 0 Å². The smallest absolute Gasteiger partial charge is 0.433 e. The highest BCUT2D eigenvalue weighted by molar-refractivity contribution is 7.21. The number of hydrogen-bond donors (Lipinski definition) is 3. The van der Waals surface area contributed by atoms with Crippen molar-refractivity contribution in [2.45, 2.75) is 13.1 Å². The fourth-order valence-corrected chi connectivity index (χ4v) is 4.68. The molecular formula is C24H16F3N5O3S. The average Bonchev–Trinajstić information content (AvgIpc) is 3.58.